The van der Waals surface area contributed by atoms with E-state index in [2.05, 4.69) is 13.8 Å². The lowest BCUT2D eigenvalue weighted by Gasteiger charge is -2.25. The Hall–Kier alpha value is -1.71. The minimum absolute atomic E-state index is 0.171. The van der Waals surface area contributed by atoms with Gasteiger partial charge < -0.3 is 28.5 Å². The molecule has 0 aromatic rings. The molecule has 0 bridgehead atoms. The SMILES string of the molecule is CCCCCCCCCCCCCCCCCCCCCCCCCCCCCCCCCCCCCCCC(=O)OC(COC(=O)CCCCCCCCCCCCCCCCCCCCCCCCCCCCCCCCCCCCC)COC(OCC[N+](C)(C)C)C(=O)O. The molecule has 0 aliphatic rings. The van der Waals surface area contributed by atoms with Gasteiger partial charge >= 0.3 is 17.9 Å². The third kappa shape index (κ3) is 81.5. The molecule has 0 aliphatic heterocycles. The van der Waals surface area contributed by atoms with E-state index in [0.29, 0.717) is 17.4 Å². The van der Waals surface area contributed by atoms with Gasteiger partial charge in [-0.2, -0.15) is 0 Å². The number of esters is 2. The van der Waals surface area contributed by atoms with Gasteiger partial charge in [-0.25, -0.2) is 4.79 Å². The summed E-state index contributed by atoms with van der Waals surface area (Å²) in [6.45, 7) is 4.99. The van der Waals surface area contributed by atoms with Crippen LogP contribution in [0.1, 0.15) is 489 Å². The zero-order valence-electron chi connectivity index (χ0n) is 66.6. The summed E-state index contributed by atoms with van der Waals surface area (Å²) in [5, 5.41) is 9.79. The molecule has 9 nitrogen and oxygen atoms in total. The lowest BCUT2D eigenvalue weighted by atomic mass is 10.0. The van der Waals surface area contributed by atoms with Gasteiger partial charge in [-0.05, 0) is 12.8 Å². The Labute approximate surface area is 606 Å². The maximum absolute atomic E-state index is 13.0. The van der Waals surface area contributed by atoms with Crippen LogP contribution in [0.4, 0.5) is 0 Å². The highest BCUT2D eigenvalue weighted by Crippen LogP contribution is 2.22. The molecule has 97 heavy (non-hydrogen) atoms. The second-order valence-electron chi connectivity index (χ2n) is 31.9. The lowest BCUT2D eigenvalue weighted by molar-refractivity contribution is -0.870. The number of unbranched alkanes of at least 4 members (excludes halogenated alkanes) is 70. The van der Waals surface area contributed by atoms with Crippen LogP contribution in [0.25, 0.3) is 0 Å². The van der Waals surface area contributed by atoms with Gasteiger partial charge in [0.1, 0.15) is 13.2 Å². The maximum Gasteiger partial charge on any atom is 0.361 e. The van der Waals surface area contributed by atoms with Crippen molar-refractivity contribution in [2.75, 3.05) is 47.5 Å². The molecule has 0 spiro atoms. The number of aliphatic carboxylic acids is 1. The van der Waals surface area contributed by atoms with Gasteiger partial charge in [0.15, 0.2) is 6.10 Å². The Morgan fingerprint density at radius 2 is 0.464 bits per heavy atom. The molecule has 9 heteroatoms. The van der Waals surface area contributed by atoms with Crippen molar-refractivity contribution >= 4 is 17.9 Å². The molecule has 0 aliphatic carbocycles. The molecule has 0 aromatic carbocycles. The number of carboxylic acids is 1. The summed E-state index contributed by atoms with van der Waals surface area (Å²) in [4.78, 5) is 37.8. The summed E-state index contributed by atoms with van der Waals surface area (Å²) >= 11 is 0. The maximum atomic E-state index is 13.0. The fraction of sp³-hybridized carbons (Fsp3) is 0.966. The number of hydrogen-bond acceptors (Lipinski definition) is 7. The molecule has 578 valence electrons. The molecule has 2 unspecified atom stereocenters. The smallest absolute Gasteiger partial charge is 0.361 e. The summed E-state index contributed by atoms with van der Waals surface area (Å²) in [6, 6.07) is 0. The topological polar surface area (TPSA) is 108 Å². The average Bonchev–Trinajstić information content (AvgIpc) is 3.11. The van der Waals surface area contributed by atoms with Crippen molar-refractivity contribution in [3.8, 4) is 0 Å². The Morgan fingerprint density at radius 1 is 0.268 bits per heavy atom. The monoisotopic (exact) mass is 1370 g/mol. The van der Waals surface area contributed by atoms with Gasteiger partial charge in [0.05, 0.1) is 34.4 Å². The Balaban J connectivity index is 3.89. The minimum atomic E-state index is -1.51. The third-order valence-corrected chi connectivity index (χ3v) is 20.9. The predicted octanol–water partition coefficient (Wildman–Crippen LogP) is 28.5. The predicted molar refractivity (Wildman–Crippen MR) is 420 cm³/mol. The molecule has 0 heterocycles. The summed E-state index contributed by atoms with van der Waals surface area (Å²) in [6.07, 6.45) is 97.4. The van der Waals surface area contributed by atoms with E-state index in [9.17, 15) is 19.5 Å². The van der Waals surface area contributed by atoms with Crippen LogP contribution in [0, 0.1) is 0 Å². The first-order chi connectivity index (χ1) is 47.6. The normalized spacial score (nSPS) is 12.5. The van der Waals surface area contributed by atoms with E-state index in [1.807, 2.05) is 21.1 Å². The molecule has 0 saturated carbocycles. The van der Waals surface area contributed by atoms with Crippen molar-refractivity contribution in [1.29, 1.82) is 0 Å². The van der Waals surface area contributed by atoms with Crippen molar-refractivity contribution in [3.05, 3.63) is 0 Å². The Morgan fingerprint density at radius 3 is 0.660 bits per heavy atom. The Bertz CT molecular complexity index is 1550. The van der Waals surface area contributed by atoms with Crippen LogP contribution in [0.3, 0.4) is 0 Å². The summed E-state index contributed by atoms with van der Waals surface area (Å²) < 4.78 is 23.1. The number of quaternary nitrogens is 1. The zero-order valence-corrected chi connectivity index (χ0v) is 66.6. The lowest BCUT2D eigenvalue weighted by Crippen LogP contribution is -2.40. The van der Waals surface area contributed by atoms with Crippen molar-refractivity contribution < 1.29 is 42.9 Å². The summed E-state index contributed by atoms with van der Waals surface area (Å²) in [5.74, 6) is -1.96. The number of carbonyl (C=O) groups excluding carboxylic acids is 2. The van der Waals surface area contributed by atoms with Crippen molar-refractivity contribution in [2.45, 2.75) is 501 Å². The molecule has 2 atom stereocenters. The highest BCUT2D eigenvalue weighted by atomic mass is 16.7. The molecular formula is C88H174NO8+. The number of hydrogen-bond donors (Lipinski definition) is 1. The summed E-state index contributed by atoms with van der Waals surface area (Å²) in [7, 11) is 6.01. The largest absolute Gasteiger partial charge is 0.477 e. The highest BCUT2D eigenvalue weighted by molar-refractivity contribution is 5.71. The van der Waals surface area contributed by atoms with Crippen molar-refractivity contribution in [2.24, 2.45) is 0 Å². The minimum Gasteiger partial charge on any atom is -0.477 e. The van der Waals surface area contributed by atoms with E-state index in [0.717, 1.165) is 38.5 Å². The standard InChI is InChI=1S/C88H173NO8/c1-6-8-10-12-14-16-18-20-22-24-26-28-30-32-34-36-38-40-42-43-45-47-49-51-53-55-57-59-61-63-65-67-69-71-73-75-77-79-86(91)97-84(83-96-88(87(92)93)94-81-80-89(3,4)5)82-95-85(90)78-76-74-72-70-68-66-64-62-60-58-56-54-52-50-48-46-44-41-39-37-35-33-31-29-27-25-23-21-19-17-15-13-11-9-7-2/h84,88H,6-83H2,1-5H3/p+1. The van der Waals surface area contributed by atoms with Crippen LogP contribution >= 0.6 is 0 Å². The van der Waals surface area contributed by atoms with E-state index < -0.39 is 18.4 Å². The number of rotatable bonds is 85. The number of nitrogens with zero attached hydrogens (tertiary/aromatic N) is 1. The van der Waals surface area contributed by atoms with Crippen molar-refractivity contribution in [1.82, 2.24) is 0 Å². The van der Waals surface area contributed by atoms with Crippen LogP contribution < -0.4 is 0 Å². The van der Waals surface area contributed by atoms with Gasteiger partial charge in [0.25, 0.3) is 6.29 Å². The van der Waals surface area contributed by atoms with Gasteiger partial charge in [0, 0.05) is 12.8 Å². The first kappa shape index (κ1) is 95.3. The van der Waals surface area contributed by atoms with Gasteiger partial charge in [0.2, 0.25) is 0 Å². The highest BCUT2D eigenvalue weighted by Gasteiger charge is 2.25. The van der Waals surface area contributed by atoms with Gasteiger partial charge in [-0.15, -0.1) is 0 Å². The first-order valence-electron chi connectivity index (χ1n) is 44.2. The fourth-order valence-electron chi connectivity index (χ4n) is 14.1. The number of carbonyl (C=O) groups is 3. The average molecular weight is 1370 g/mol. The van der Waals surface area contributed by atoms with E-state index in [1.54, 1.807) is 0 Å². The summed E-state index contributed by atoms with van der Waals surface area (Å²) in [5.41, 5.74) is 0. The molecular weight excluding hydrogens is 1200 g/mol. The fourth-order valence-corrected chi connectivity index (χ4v) is 14.1. The van der Waals surface area contributed by atoms with Crippen LogP contribution in [-0.4, -0.2) is 87.4 Å². The molecule has 1 N–H and O–H groups in total. The van der Waals surface area contributed by atoms with Crippen molar-refractivity contribution in [3.63, 3.8) is 0 Å². The molecule has 0 aromatic heterocycles. The molecule has 0 fully saturated rings. The van der Waals surface area contributed by atoms with Crippen LogP contribution in [0.5, 0.6) is 0 Å². The third-order valence-electron chi connectivity index (χ3n) is 20.9. The van der Waals surface area contributed by atoms with E-state index in [-0.39, 0.29) is 38.2 Å². The van der Waals surface area contributed by atoms with Gasteiger partial charge in [-0.1, -0.05) is 463 Å². The van der Waals surface area contributed by atoms with Crippen LogP contribution in [-0.2, 0) is 33.3 Å². The van der Waals surface area contributed by atoms with E-state index in [4.69, 9.17) is 18.9 Å². The second-order valence-corrected chi connectivity index (χ2v) is 31.9. The van der Waals surface area contributed by atoms with E-state index in [1.165, 1.54) is 424 Å². The molecule has 0 radical (unpaired) electrons. The van der Waals surface area contributed by atoms with Gasteiger partial charge in [-0.3, -0.25) is 9.59 Å². The van der Waals surface area contributed by atoms with Crippen LogP contribution in [0.15, 0.2) is 0 Å². The molecule has 0 saturated heterocycles. The van der Waals surface area contributed by atoms with E-state index >= 15 is 0 Å². The number of ether oxygens (including phenoxy) is 4. The number of likely N-dealkylation sites (N-methyl/N-ethyl adjacent to an activating group) is 1. The quantitative estimate of drug-likeness (QED) is 0.0278. The Kier molecular flexibility index (Phi) is 78.6. The molecule has 0 rings (SSSR count). The number of carboxylic acid groups (broad SMARTS) is 1. The first-order valence-corrected chi connectivity index (χ1v) is 44.2. The second kappa shape index (κ2) is 80.0. The van der Waals surface area contributed by atoms with Crippen LogP contribution in [0.2, 0.25) is 0 Å². The molecule has 0 amide bonds. The zero-order chi connectivity index (χ0) is 70.4.